The number of fused-ring (bicyclic) bond motifs is 1. The number of hydrogen-bond donors (Lipinski definition) is 1. The van der Waals surface area contributed by atoms with Crippen LogP contribution in [0.2, 0.25) is 0 Å². The van der Waals surface area contributed by atoms with Crippen LogP contribution in [0.25, 0.3) is 20.1 Å². The number of nitrogens with one attached hydrogen (secondary N) is 1. The van der Waals surface area contributed by atoms with E-state index in [1.165, 1.54) is 23.8 Å². The van der Waals surface area contributed by atoms with Crippen LogP contribution in [-0.2, 0) is 20.7 Å². The summed E-state index contributed by atoms with van der Waals surface area (Å²) in [5, 5.41) is 13.3. The van der Waals surface area contributed by atoms with Crippen molar-refractivity contribution in [2.45, 2.75) is 20.3 Å². The van der Waals surface area contributed by atoms with Gasteiger partial charge in [-0.3, -0.25) is 4.79 Å². The van der Waals surface area contributed by atoms with Gasteiger partial charge in [0.2, 0.25) is 5.91 Å². The van der Waals surface area contributed by atoms with Crippen LogP contribution in [0.3, 0.4) is 0 Å². The van der Waals surface area contributed by atoms with Gasteiger partial charge in [-0.1, -0.05) is 23.5 Å². The van der Waals surface area contributed by atoms with Gasteiger partial charge in [0.05, 0.1) is 30.2 Å². The first kappa shape index (κ1) is 24.2. The molecule has 2 aromatic carbocycles. The number of benzene rings is 2. The van der Waals surface area contributed by atoms with Crippen molar-refractivity contribution in [3.8, 4) is 10.6 Å². The lowest BCUT2D eigenvalue weighted by atomic mass is 10.1. The first-order chi connectivity index (χ1) is 16.6. The van der Waals surface area contributed by atoms with Crippen LogP contribution in [0.15, 0.2) is 64.8 Å². The number of rotatable bonds is 11. The van der Waals surface area contributed by atoms with Gasteiger partial charge in [0, 0.05) is 24.8 Å². The number of carbonyl (C=O) groups excluding carboxylic acids is 1. The monoisotopic (exact) mass is 494 g/mol. The third kappa shape index (κ3) is 6.77. The number of nitrogens with zero attached hydrogens (tertiary/aromatic N) is 3. The minimum Gasteiger partial charge on any atom is -0.379 e. The van der Waals surface area contributed by atoms with Crippen LogP contribution >= 0.6 is 22.7 Å². The zero-order valence-corrected chi connectivity index (χ0v) is 20.7. The predicted molar refractivity (Wildman–Crippen MR) is 139 cm³/mol. The number of aromatic nitrogens is 1. The summed E-state index contributed by atoms with van der Waals surface area (Å²) in [5.74, 6) is -0.0844. The summed E-state index contributed by atoms with van der Waals surface area (Å²) >= 11 is 3.14. The molecule has 0 saturated carbocycles. The molecule has 1 N–H and O–H groups in total. The zero-order chi connectivity index (χ0) is 23.8. The molecule has 4 aromatic rings. The summed E-state index contributed by atoms with van der Waals surface area (Å²) in [6, 6.07) is 17.8. The van der Waals surface area contributed by atoms with Crippen molar-refractivity contribution in [2.75, 3.05) is 31.7 Å². The number of amides is 1. The van der Waals surface area contributed by atoms with Gasteiger partial charge in [-0.05, 0) is 61.4 Å². The van der Waals surface area contributed by atoms with Gasteiger partial charge in [0.1, 0.15) is 14.8 Å². The molecule has 0 saturated heterocycles. The maximum Gasteiger partial charge on any atom is 0.221 e. The molecule has 2 aromatic heterocycles. The van der Waals surface area contributed by atoms with Gasteiger partial charge in [-0.2, -0.15) is 0 Å². The number of thiophene rings is 1. The molecule has 0 spiro atoms. The van der Waals surface area contributed by atoms with Gasteiger partial charge in [-0.15, -0.1) is 21.6 Å². The van der Waals surface area contributed by atoms with Crippen LogP contribution < -0.4 is 5.32 Å². The molecule has 0 unspecified atom stereocenters. The molecule has 0 fully saturated rings. The first-order valence-corrected chi connectivity index (χ1v) is 12.7. The Bertz CT molecular complexity index is 1220. The summed E-state index contributed by atoms with van der Waals surface area (Å²) in [4.78, 5) is 16.9. The Balaban J connectivity index is 1.32. The minimum absolute atomic E-state index is 0.0844. The topological polar surface area (TPSA) is 85.2 Å². The lowest BCUT2D eigenvalue weighted by molar-refractivity contribution is -0.114. The predicted octanol–water partition coefficient (Wildman–Crippen LogP) is 6.99. The second-order valence-electron chi connectivity index (χ2n) is 7.46. The Hall–Kier alpha value is -2.98. The number of anilines is 1. The number of hydrogen-bond acceptors (Lipinski definition) is 8. The van der Waals surface area contributed by atoms with E-state index < -0.39 is 0 Å². The van der Waals surface area contributed by atoms with Crippen molar-refractivity contribution >= 4 is 54.5 Å². The Morgan fingerprint density at radius 2 is 1.74 bits per heavy atom. The molecule has 0 bridgehead atoms. The van der Waals surface area contributed by atoms with Gasteiger partial charge in [-0.25, -0.2) is 4.98 Å². The second-order valence-corrected chi connectivity index (χ2v) is 9.50. The van der Waals surface area contributed by atoms with E-state index in [4.69, 9.17) is 14.5 Å². The fourth-order valence-corrected chi connectivity index (χ4v) is 5.22. The average molecular weight is 495 g/mol. The minimum atomic E-state index is -0.0844. The Morgan fingerprint density at radius 1 is 0.971 bits per heavy atom. The summed E-state index contributed by atoms with van der Waals surface area (Å²) in [6.45, 7) is 6.13. The molecule has 0 radical (unpaired) electrons. The van der Waals surface area contributed by atoms with Crippen LogP contribution in [0.1, 0.15) is 19.4 Å². The van der Waals surface area contributed by atoms with Crippen molar-refractivity contribution in [1.29, 1.82) is 0 Å². The highest BCUT2D eigenvalue weighted by Crippen LogP contribution is 2.39. The highest BCUT2D eigenvalue weighted by molar-refractivity contribution is 7.30. The fraction of sp³-hybridized carbons (Fsp3) is 0.280. The van der Waals surface area contributed by atoms with Gasteiger partial charge >= 0.3 is 0 Å². The van der Waals surface area contributed by atoms with E-state index in [-0.39, 0.29) is 5.91 Å². The standard InChI is InChI=1S/C25H26N4O3S2/c1-3-31-14-15-32-13-12-18-4-8-21(9-5-18)28-29-23-16-22-25(34-23)27-24(33-22)19-6-10-20(11-7-19)26-17(2)30/h4-11,16H,3,12-15H2,1-2H3,(H,26,30). The maximum absolute atomic E-state index is 11.2. The smallest absolute Gasteiger partial charge is 0.221 e. The maximum atomic E-state index is 11.2. The lowest BCUT2D eigenvalue weighted by Gasteiger charge is -2.04. The van der Waals surface area contributed by atoms with Crippen LogP contribution in [0.4, 0.5) is 16.4 Å². The number of carbonyl (C=O) groups is 1. The summed E-state index contributed by atoms with van der Waals surface area (Å²) in [7, 11) is 0. The van der Waals surface area contributed by atoms with E-state index in [0.29, 0.717) is 19.8 Å². The van der Waals surface area contributed by atoms with E-state index in [0.717, 1.165) is 49.5 Å². The highest BCUT2D eigenvalue weighted by atomic mass is 32.1. The summed E-state index contributed by atoms with van der Waals surface area (Å²) < 4.78 is 11.9. The molecule has 0 atom stereocenters. The average Bonchev–Trinajstić information content (AvgIpc) is 3.40. The third-order valence-corrected chi connectivity index (χ3v) is 6.93. The van der Waals surface area contributed by atoms with E-state index in [1.807, 2.05) is 49.4 Å². The van der Waals surface area contributed by atoms with Crippen molar-refractivity contribution in [3.63, 3.8) is 0 Å². The number of thiazole rings is 1. The van der Waals surface area contributed by atoms with Crippen molar-refractivity contribution < 1.29 is 14.3 Å². The van der Waals surface area contributed by atoms with E-state index in [2.05, 4.69) is 27.7 Å². The largest absolute Gasteiger partial charge is 0.379 e. The second kappa shape index (κ2) is 11.9. The summed E-state index contributed by atoms with van der Waals surface area (Å²) in [5.41, 5.74) is 3.81. The van der Waals surface area contributed by atoms with Crippen molar-refractivity contribution in [2.24, 2.45) is 10.2 Å². The fourth-order valence-electron chi connectivity index (χ4n) is 3.19. The quantitative estimate of drug-likeness (QED) is 0.180. The first-order valence-electron chi connectivity index (χ1n) is 11.1. The zero-order valence-electron chi connectivity index (χ0n) is 19.1. The SMILES string of the molecule is CCOCCOCCc1ccc(N=Nc2cc3sc(-c4ccc(NC(C)=O)cc4)nc3s2)cc1. The molecule has 0 aliphatic heterocycles. The molecular formula is C25H26N4O3S2. The molecule has 1 amide bonds. The van der Waals surface area contributed by atoms with Gasteiger partial charge in [0.25, 0.3) is 0 Å². The Labute approximate surface area is 206 Å². The number of azo groups is 1. The molecule has 7 nitrogen and oxygen atoms in total. The van der Waals surface area contributed by atoms with Crippen LogP contribution in [0, 0.1) is 0 Å². The molecule has 9 heteroatoms. The van der Waals surface area contributed by atoms with Gasteiger partial charge in [0.15, 0.2) is 0 Å². The Kier molecular flexibility index (Phi) is 8.48. The number of ether oxygens (including phenoxy) is 2. The van der Waals surface area contributed by atoms with E-state index in [9.17, 15) is 4.79 Å². The van der Waals surface area contributed by atoms with Crippen molar-refractivity contribution in [1.82, 2.24) is 4.98 Å². The molecule has 0 aliphatic rings. The highest BCUT2D eigenvalue weighted by Gasteiger charge is 2.10. The third-order valence-electron chi connectivity index (χ3n) is 4.84. The normalized spacial score (nSPS) is 11.5. The molecule has 176 valence electrons. The van der Waals surface area contributed by atoms with Crippen LogP contribution in [-0.4, -0.2) is 37.3 Å². The molecule has 0 aliphatic carbocycles. The molecular weight excluding hydrogens is 468 g/mol. The van der Waals surface area contributed by atoms with E-state index >= 15 is 0 Å². The van der Waals surface area contributed by atoms with Crippen LogP contribution in [0.5, 0.6) is 0 Å². The van der Waals surface area contributed by atoms with E-state index in [1.54, 1.807) is 11.3 Å². The van der Waals surface area contributed by atoms with Crippen molar-refractivity contribution in [3.05, 3.63) is 60.2 Å². The summed E-state index contributed by atoms with van der Waals surface area (Å²) in [6.07, 6.45) is 0.856. The molecule has 4 rings (SSSR count). The molecule has 2 heterocycles. The Morgan fingerprint density at radius 3 is 2.44 bits per heavy atom. The lowest BCUT2D eigenvalue weighted by Crippen LogP contribution is -2.06. The van der Waals surface area contributed by atoms with Gasteiger partial charge < -0.3 is 14.8 Å². The molecule has 34 heavy (non-hydrogen) atoms.